The van der Waals surface area contributed by atoms with Crippen molar-refractivity contribution in [1.29, 1.82) is 5.26 Å². The zero-order chi connectivity index (χ0) is 13.0. The maximum absolute atomic E-state index is 10.6. The number of aliphatic carboxylic acids is 1. The van der Waals surface area contributed by atoms with Gasteiger partial charge in [0.2, 0.25) is 0 Å². The third-order valence-electron chi connectivity index (χ3n) is 2.18. The lowest BCUT2D eigenvalue weighted by Gasteiger charge is -2.00. The normalized spacial score (nSPS) is 9.94. The summed E-state index contributed by atoms with van der Waals surface area (Å²) in [5.41, 5.74) is 2.22. The number of rotatable bonds is 4. The van der Waals surface area contributed by atoms with Gasteiger partial charge >= 0.3 is 5.97 Å². The molecule has 7 heteroatoms. The van der Waals surface area contributed by atoms with Gasteiger partial charge in [0.1, 0.15) is 11.1 Å². The maximum Gasteiger partial charge on any atom is 0.307 e. The van der Waals surface area contributed by atoms with Crippen molar-refractivity contribution in [2.24, 2.45) is 0 Å². The van der Waals surface area contributed by atoms with Crippen LogP contribution in [0.1, 0.15) is 5.56 Å². The third-order valence-corrected chi connectivity index (χ3v) is 3.40. The minimum absolute atomic E-state index is 0.00457. The quantitative estimate of drug-likeness (QED) is 0.682. The highest BCUT2D eigenvalue weighted by atomic mass is 32.2. The average Bonchev–Trinajstić information content (AvgIpc) is 2.78. The molecule has 0 spiro atoms. The molecule has 90 valence electrons. The van der Waals surface area contributed by atoms with Gasteiger partial charge in [0.15, 0.2) is 5.03 Å². The van der Waals surface area contributed by atoms with Gasteiger partial charge in [0.05, 0.1) is 18.1 Å². The standard InChI is InChI=1S/C11H7N3O2S2/c12-6-17-11-10(13-18-14-11)8-3-1-7(2-4-8)5-9(15)16/h1-4H,5H2,(H,15,16). The van der Waals surface area contributed by atoms with E-state index in [1.165, 1.54) is 0 Å². The molecule has 5 nitrogen and oxygen atoms in total. The summed E-state index contributed by atoms with van der Waals surface area (Å²) < 4.78 is 8.17. The summed E-state index contributed by atoms with van der Waals surface area (Å²) in [5, 5.41) is 19.8. The van der Waals surface area contributed by atoms with Gasteiger partial charge < -0.3 is 5.11 Å². The summed E-state index contributed by atoms with van der Waals surface area (Å²) in [4.78, 5) is 10.6. The molecule has 1 N–H and O–H groups in total. The Bertz CT molecular complexity index is 601. The van der Waals surface area contributed by atoms with E-state index in [0.29, 0.717) is 10.7 Å². The average molecular weight is 277 g/mol. The largest absolute Gasteiger partial charge is 0.481 e. The number of nitriles is 1. The van der Waals surface area contributed by atoms with Gasteiger partial charge in [-0.1, -0.05) is 24.3 Å². The van der Waals surface area contributed by atoms with E-state index in [-0.39, 0.29) is 6.42 Å². The lowest BCUT2D eigenvalue weighted by atomic mass is 10.1. The topological polar surface area (TPSA) is 86.9 Å². The van der Waals surface area contributed by atoms with Crippen LogP contribution in [0, 0.1) is 10.7 Å². The van der Waals surface area contributed by atoms with Crippen molar-refractivity contribution in [3.8, 4) is 16.7 Å². The molecule has 0 saturated heterocycles. The summed E-state index contributed by atoms with van der Waals surface area (Å²) in [7, 11) is 0. The van der Waals surface area contributed by atoms with Gasteiger partial charge in [-0.3, -0.25) is 4.79 Å². The Balaban J connectivity index is 2.26. The first-order chi connectivity index (χ1) is 8.70. The number of benzene rings is 1. The Kier molecular flexibility index (Phi) is 3.92. The molecular weight excluding hydrogens is 270 g/mol. The maximum atomic E-state index is 10.6. The second-order valence-corrected chi connectivity index (χ2v) is 4.68. The van der Waals surface area contributed by atoms with Crippen LogP contribution in [0.2, 0.25) is 0 Å². The predicted molar refractivity (Wildman–Crippen MR) is 68.2 cm³/mol. The minimum atomic E-state index is -0.862. The lowest BCUT2D eigenvalue weighted by molar-refractivity contribution is -0.136. The predicted octanol–water partition coefficient (Wildman–Crippen LogP) is 2.41. The molecule has 0 aliphatic carbocycles. The van der Waals surface area contributed by atoms with Crippen LogP contribution in [0.15, 0.2) is 29.3 Å². The van der Waals surface area contributed by atoms with Crippen LogP contribution in [0.3, 0.4) is 0 Å². The van der Waals surface area contributed by atoms with E-state index in [1.54, 1.807) is 24.3 Å². The zero-order valence-electron chi connectivity index (χ0n) is 9.03. The fraction of sp³-hybridized carbons (Fsp3) is 0.0909. The minimum Gasteiger partial charge on any atom is -0.481 e. The van der Waals surface area contributed by atoms with Crippen molar-refractivity contribution in [3.63, 3.8) is 0 Å². The van der Waals surface area contributed by atoms with Gasteiger partial charge in [-0.25, -0.2) is 0 Å². The van der Waals surface area contributed by atoms with E-state index >= 15 is 0 Å². The third kappa shape index (κ3) is 2.85. The van der Waals surface area contributed by atoms with Crippen molar-refractivity contribution in [1.82, 2.24) is 8.75 Å². The summed E-state index contributed by atoms with van der Waals surface area (Å²) in [6.07, 6.45) is -0.00457. The Labute approximate surface area is 111 Å². The Morgan fingerprint density at radius 3 is 2.72 bits per heavy atom. The zero-order valence-corrected chi connectivity index (χ0v) is 10.7. The number of thiocyanates is 1. The molecule has 0 aliphatic rings. The van der Waals surface area contributed by atoms with Crippen LogP contribution >= 0.6 is 23.5 Å². The molecule has 0 amide bonds. The highest BCUT2D eigenvalue weighted by molar-refractivity contribution is 8.03. The van der Waals surface area contributed by atoms with Crippen molar-refractivity contribution in [2.45, 2.75) is 11.4 Å². The molecule has 18 heavy (non-hydrogen) atoms. The molecule has 2 aromatic rings. The Morgan fingerprint density at radius 2 is 2.11 bits per heavy atom. The molecule has 2 rings (SSSR count). The fourth-order valence-corrected chi connectivity index (χ4v) is 2.55. The van der Waals surface area contributed by atoms with Gasteiger partial charge in [0.25, 0.3) is 0 Å². The summed E-state index contributed by atoms with van der Waals surface area (Å²) >= 11 is 2.02. The monoisotopic (exact) mass is 277 g/mol. The van der Waals surface area contributed by atoms with E-state index in [2.05, 4.69) is 8.75 Å². The smallest absolute Gasteiger partial charge is 0.307 e. The van der Waals surface area contributed by atoms with Crippen molar-refractivity contribution >= 4 is 29.5 Å². The summed E-state index contributed by atoms with van der Waals surface area (Å²) in [5.74, 6) is -0.862. The summed E-state index contributed by atoms with van der Waals surface area (Å²) in [6.45, 7) is 0. The van der Waals surface area contributed by atoms with E-state index in [4.69, 9.17) is 10.4 Å². The van der Waals surface area contributed by atoms with E-state index in [9.17, 15) is 4.79 Å². The highest BCUT2D eigenvalue weighted by Gasteiger charge is 2.11. The van der Waals surface area contributed by atoms with Crippen LogP contribution < -0.4 is 0 Å². The molecule has 1 aromatic heterocycles. The van der Waals surface area contributed by atoms with Crippen LogP contribution in [0.4, 0.5) is 0 Å². The van der Waals surface area contributed by atoms with Crippen molar-refractivity contribution in [2.75, 3.05) is 0 Å². The van der Waals surface area contributed by atoms with Gasteiger partial charge in [0, 0.05) is 17.3 Å². The molecule has 1 aromatic carbocycles. The molecule has 0 aliphatic heterocycles. The number of carboxylic acid groups (broad SMARTS) is 1. The van der Waals surface area contributed by atoms with Crippen LogP contribution in [0.5, 0.6) is 0 Å². The number of hydrogen-bond acceptors (Lipinski definition) is 6. The van der Waals surface area contributed by atoms with Gasteiger partial charge in [-0.2, -0.15) is 14.0 Å². The number of aromatic nitrogens is 2. The van der Waals surface area contributed by atoms with Crippen LogP contribution in [0.25, 0.3) is 11.3 Å². The number of carboxylic acids is 1. The molecule has 0 atom stereocenters. The van der Waals surface area contributed by atoms with Gasteiger partial charge in [-0.15, -0.1) is 0 Å². The Morgan fingerprint density at radius 1 is 1.39 bits per heavy atom. The van der Waals surface area contributed by atoms with Crippen molar-refractivity contribution in [3.05, 3.63) is 29.8 Å². The number of nitrogens with zero attached hydrogens (tertiary/aromatic N) is 3. The first-order valence-electron chi connectivity index (χ1n) is 4.90. The van der Waals surface area contributed by atoms with Crippen LogP contribution in [-0.4, -0.2) is 19.8 Å². The van der Waals surface area contributed by atoms with E-state index in [0.717, 1.165) is 34.6 Å². The first-order valence-corrected chi connectivity index (χ1v) is 6.45. The molecule has 0 radical (unpaired) electrons. The first kappa shape index (κ1) is 12.5. The molecule has 1 heterocycles. The molecule has 0 bridgehead atoms. The second-order valence-electron chi connectivity index (χ2n) is 3.38. The molecular formula is C11H7N3O2S2. The highest BCUT2D eigenvalue weighted by Crippen LogP contribution is 2.29. The molecule has 0 fully saturated rings. The Hall–Kier alpha value is -1.91. The molecule has 0 saturated carbocycles. The fourth-order valence-electron chi connectivity index (χ4n) is 1.42. The summed E-state index contributed by atoms with van der Waals surface area (Å²) in [6, 6.07) is 7.06. The number of carbonyl (C=O) groups is 1. The second kappa shape index (κ2) is 5.62. The SMILES string of the molecule is N#CSc1nsnc1-c1ccc(CC(=O)O)cc1. The van der Waals surface area contributed by atoms with Gasteiger partial charge in [-0.05, 0) is 5.56 Å². The van der Waals surface area contributed by atoms with E-state index in [1.807, 2.05) is 5.40 Å². The number of hydrogen-bond donors (Lipinski definition) is 1. The van der Waals surface area contributed by atoms with Crippen LogP contribution in [-0.2, 0) is 11.2 Å². The van der Waals surface area contributed by atoms with E-state index < -0.39 is 5.97 Å². The van der Waals surface area contributed by atoms with Crippen molar-refractivity contribution < 1.29 is 9.90 Å². The molecule has 0 unspecified atom stereocenters. The lowest BCUT2D eigenvalue weighted by Crippen LogP contribution is -1.99. The number of thioether (sulfide) groups is 1.